The van der Waals surface area contributed by atoms with E-state index in [2.05, 4.69) is 36.9 Å². The third-order valence-electron chi connectivity index (χ3n) is 3.97. The predicted molar refractivity (Wildman–Crippen MR) is 72.7 cm³/mol. The molecule has 1 unspecified atom stereocenters. The molecule has 0 radical (unpaired) electrons. The molecule has 3 nitrogen and oxygen atoms in total. The van der Waals surface area contributed by atoms with Crippen LogP contribution < -0.4 is 9.64 Å². The molecule has 1 saturated heterocycles. The summed E-state index contributed by atoms with van der Waals surface area (Å²) >= 11 is 0. The van der Waals surface area contributed by atoms with Gasteiger partial charge in [-0.3, -0.25) is 0 Å². The molecule has 1 atom stereocenters. The van der Waals surface area contributed by atoms with Gasteiger partial charge in [-0.2, -0.15) is 5.26 Å². The molecular weight excluding hydrogens is 224 g/mol. The van der Waals surface area contributed by atoms with Crippen molar-refractivity contribution in [2.45, 2.75) is 20.3 Å². The van der Waals surface area contributed by atoms with Gasteiger partial charge in [-0.1, -0.05) is 13.8 Å². The summed E-state index contributed by atoms with van der Waals surface area (Å²) in [7, 11) is 1.67. The first kappa shape index (κ1) is 12.8. The summed E-state index contributed by atoms with van der Waals surface area (Å²) in [6.07, 6.45) is 1.05. The number of piperidine rings is 1. The van der Waals surface area contributed by atoms with E-state index in [1.54, 1.807) is 7.11 Å². The third kappa shape index (κ3) is 2.43. The van der Waals surface area contributed by atoms with E-state index in [9.17, 15) is 5.26 Å². The fourth-order valence-electron chi connectivity index (χ4n) is 2.40. The molecule has 1 heterocycles. The largest absolute Gasteiger partial charge is 0.497 e. The van der Waals surface area contributed by atoms with E-state index in [0.717, 1.165) is 25.3 Å². The molecule has 0 saturated carbocycles. The number of benzene rings is 1. The number of hydrogen-bond donors (Lipinski definition) is 0. The fourth-order valence-corrected chi connectivity index (χ4v) is 2.40. The Hall–Kier alpha value is -1.69. The minimum atomic E-state index is 0.0911. The van der Waals surface area contributed by atoms with Crippen LogP contribution in [0.3, 0.4) is 0 Å². The average Bonchev–Trinajstić information content (AvgIpc) is 2.39. The zero-order valence-electron chi connectivity index (χ0n) is 11.3. The monoisotopic (exact) mass is 244 g/mol. The van der Waals surface area contributed by atoms with Crippen LogP contribution in [0.15, 0.2) is 24.3 Å². The first-order valence-electron chi connectivity index (χ1n) is 6.35. The molecule has 0 aliphatic carbocycles. The van der Waals surface area contributed by atoms with E-state index in [-0.39, 0.29) is 11.3 Å². The normalized spacial score (nSPS) is 22.3. The SMILES string of the molecule is COc1ccc(N2CCC(C)(C)C(C#N)C2)cc1. The van der Waals surface area contributed by atoms with E-state index in [4.69, 9.17) is 4.74 Å². The molecule has 0 amide bonds. The van der Waals surface area contributed by atoms with Crippen LogP contribution in [0.4, 0.5) is 5.69 Å². The van der Waals surface area contributed by atoms with Crippen LogP contribution in [-0.4, -0.2) is 20.2 Å². The van der Waals surface area contributed by atoms with Gasteiger partial charge in [0.1, 0.15) is 5.75 Å². The lowest BCUT2D eigenvalue weighted by atomic mass is 9.74. The second kappa shape index (κ2) is 4.89. The maximum atomic E-state index is 9.28. The first-order chi connectivity index (χ1) is 8.56. The van der Waals surface area contributed by atoms with E-state index in [0.29, 0.717) is 0 Å². The Labute approximate surface area is 109 Å². The highest BCUT2D eigenvalue weighted by molar-refractivity contribution is 5.49. The molecule has 96 valence electrons. The number of hydrogen-bond acceptors (Lipinski definition) is 3. The van der Waals surface area contributed by atoms with Crippen LogP contribution in [0.5, 0.6) is 5.75 Å². The molecule has 1 aromatic rings. The molecule has 1 fully saturated rings. The molecular formula is C15H20N2O. The van der Waals surface area contributed by atoms with Crippen molar-refractivity contribution in [1.29, 1.82) is 5.26 Å². The lowest BCUT2D eigenvalue weighted by molar-refractivity contribution is 0.217. The van der Waals surface area contributed by atoms with Gasteiger partial charge in [0.2, 0.25) is 0 Å². The summed E-state index contributed by atoms with van der Waals surface area (Å²) in [5, 5.41) is 9.28. The molecule has 1 aliphatic heterocycles. The van der Waals surface area contributed by atoms with Crippen LogP contribution in [0.1, 0.15) is 20.3 Å². The van der Waals surface area contributed by atoms with E-state index in [1.807, 2.05) is 12.1 Å². The molecule has 0 spiro atoms. The Morgan fingerprint density at radius 3 is 2.56 bits per heavy atom. The first-order valence-corrected chi connectivity index (χ1v) is 6.35. The minimum absolute atomic E-state index is 0.0911. The highest BCUT2D eigenvalue weighted by Crippen LogP contribution is 2.37. The Morgan fingerprint density at radius 1 is 1.33 bits per heavy atom. The minimum Gasteiger partial charge on any atom is -0.497 e. The molecule has 0 aromatic heterocycles. The predicted octanol–water partition coefficient (Wildman–Crippen LogP) is 3.07. The van der Waals surface area contributed by atoms with Crippen LogP contribution >= 0.6 is 0 Å². The van der Waals surface area contributed by atoms with Gasteiger partial charge in [0.05, 0.1) is 19.1 Å². The van der Waals surface area contributed by atoms with Crippen molar-refractivity contribution < 1.29 is 4.74 Å². The highest BCUT2D eigenvalue weighted by Gasteiger charge is 2.35. The van der Waals surface area contributed by atoms with Crippen molar-refractivity contribution in [2.75, 3.05) is 25.1 Å². The molecule has 18 heavy (non-hydrogen) atoms. The van der Waals surface area contributed by atoms with Crippen LogP contribution in [0.2, 0.25) is 0 Å². The van der Waals surface area contributed by atoms with E-state index in [1.165, 1.54) is 5.69 Å². The topological polar surface area (TPSA) is 36.3 Å². The van der Waals surface area contributed by atoms with Crippen LogP contribution in [0.25, 0.3) is 0 Å². The Bertz CT molecular complexity index is 445. The zero-order valence-corrected chi connectivity index (χ0v) is 11.3. The number of rotatable bonds is 2. The van der Waals surface area contributed by atoms with Gasteiger partial charge in [-0.25, -0.2) is 0 Å². The maximum absolute atomic E-state index is 9.28. The van der Waals surface area contributed by atoms with Crippen LogP contribution in [0, 0.1) is 22.7 Å². The summed E-state index contributed by atoms with van der Waals surface area (Å²) in [6, 6.07) is 10.5. The molecule has 0 N–H and O–H groups in total. The van der Waals surface area contributed by atoms with Crippen LogP contribution in [-0.2, 0) is 0 Å². The molecule has 3 heteroatoms. The molecule has 1 aliphatic rings. The van der Waals surface area contributed by atoms with Gasteiger partial charge in [-0.05, 0) is 36.1 Å². The summed E-state index contributed by atoms with van der Waals surface area (Å²) in [6.45, 7) is 6.20. The Morgan fingerprint density at radius 2 is 2.00 bits per heavy atom. The lowest BCUT2D eigenvalue weighted by Crippen LogP contribution is -2.44. The van der Waals surface area contributed by atoms with Crippen molar-refractivity contribution >= 4 is 5.69 Å². The molecule has 0 bridgehead atoms. The van der Waals surface area contributed by atoms with Gasteiger partial charge >= 0.3 is 0 Å². The average molecular weight is 244 g/mol. The highest BCUT2D eigenvalue weighted by atomic mass is 16.5. The maximum Gasteiger partial charge on any atom is 0.119 e. The number of nitrogens with zero attached hydrogens (tertiary/aromatic N) is 2. The summed E-state index contributed by atoms with van der Waals surface area (Å²) in [4.78, 5) is 2.29. The number of methoxy groups -OCH3 is 1. The second-order valence-electron chi connectivity index (χ2n) is 5.56. The van der Waals surface area contributed by atoms with Crippen molar-refractivity contribution in [3.63, 3.8) is 0 Å². The van der Waals surface area contributed by atoms with Gasteiger partial charge in [-0.15, -0.1) is 0 Å². The van der Waals surface area contributed by atoms with E-state index >= 15 is 0 Å². The van der Waals surface area contributed by atoms with Gasteiger partial charge < -0.3 is 9.64 Å². The standard InChI is InChI=1S/C15H20N2O/c1-15(2)8-9-17(11-12(15)10-16)13-4-6-14(18-3)7-5-13/h4-7,12H,8-9,11H2,1-3H3. The summed E-state index contributed by atoms with van der Waals surface area (Å²) < 4.78 is 5.16. The zero-order chi connectivity index (χ0) is 13.2. The number of nitriles is 1. The molecule has 1 aromatic carbocycles. The smallest absolute Gasteiger partial charge is 0.119 e. The lowest BCUT2D eigenvalue weighted by Gasteiger charge is -2.41. The second-order valence-corrected chi connectivity index (χ2v) is 5.56. The van der Waals surface area contributed by atoms with E-state index < -0.39 is 0 Å². The van der Waals surface area contributed by atoms with Gasteiger partial charge in [0.15, 0.2) is 0 Å². The quantitative estimate of drug-likeness (QED) is 0.802. The summed E-state index contributed by atoms with van der Waals surface area (Å²) in [5.74, 6) is 0.960. The van der Waals surface area contributed by atoms with Crippen molar-refractivity contribution in [2.24, 2.45) is 11.3 Å². The Balaban J connectivity index is 2.13. The van der Waals surface area contributed by atoms with Gasteiger partial charge in [0, 0.05) is 18.8 Å². The number of ether oxygens (including phenoxy) is 1. The third-order valence-corrected chi connectivity index (χ3v) is 3.97. The Kier molecular flexibility index (Phi) is 3.47. The van der Waals surface area contributed by atoms with Crippen molar-refractivity contribution in [1.82, 2.24) is 0 Å². The van der Waals surface area contributed by atoms with Crippen molar-refractivity contribution in [3.05, 3.63) is 24.3 Å². The fraction of sp³-hybridized carbons (Fsp3) is 0.533. The number of anilines is 1. The molecule has 2 rings (SSSR count). The van der Waals surface area contributed by atoms with Gasteiger partial charge in [0.25, 0.3) is 0 Å². The van der Waals surface area contributed by atoms with Crippen molar-refractivity contribution in [3.8, 4) is 11.8 Å². The summed E-state index contributed by atoms with van der Waals surface area (Å²) in [5.41, 5.74) is 1.30.